The first-order valence-corrected chi connectivity index (χ1v) is 16.2. The number of aryl methyl sites for hydroxylation is 2. The number of rotatable bonds is 7. The lowest BCUT2D eigenvalue weighted by Gasteiger charge is -2.46. The zero-order chi connectivity index (χ0) is 30.1. The Bertz CT molecular complexity index is 1770. The van der Waals surface area contributed by atoms with Crippen LogP contribution in [-0.4, -0.2) is 70.5 Å². The first-order chi connectivity index (χ1) is 19.8. The molecule has 2 aromatic heterocycles. The summed E-state index contributed by atoms with van der Waals surface area (Å²) in [6.07, 6.45) is 3.65. The lowest BCUT2D eigenvalue weighted by atomic mass is 9.77. The van der Waals surface area contributed by atoms with Crippen LogP contribution in [-0.2, 0) is 41.7 Å². The van der Waals surface area contributed by atoms with Crippen molar-refractivity contribution in [2.24, 2.45) is 11.8 Å². The van der Waals surface area contributed by atoms with Crippen molar-refractivity contribution in [2.45, 2.75) is 63.5 Å². The lowest BCUT2D eigenvalue weighted by Crippen LogP contribution is -2.63. The van der Waals surface area contributed by atoms with E-state index in [1.165, 1.54) is 30.6 Å². The molecule has 3 aliphatic rings. The van der Waals surface area contributed by atoms with Gasteiger partial charge in [0.2, 0.25) is 12.2 Å². The van der Waals surface area contributed by atoms with E-state index in [1.54, 1.807) is 22.7 Å². The molecule has 0 radical (unpaired) electrons. The number of sulfone groups is 1. The van der Waals surface area contributed by atoms with Gasteiger partial charge in [-0.15, -0.1) is 11.3 Å². The Kier molecular flexibility index (Phi) is 6.90. The number of hydrogen-bond acceptors (Lipinski definition) is 11. The van der Waals surface area contributed by atoms with E-state index in [2.05, 4.69) is 4.98 Å². The molecule has 3 aromatic rings. The number of nitrogens with zero attached hydrogens (tertiary/aromatic N) is 3. The Balaban J connectivity index is 1.26. The van der Waals surface area contributed by atoms with Crippen LogP contribution in [0.1, 0.15) is 43.2 Å². The Labute approximate surface area is 245 Å². The van der Waals surface area contributed by atoms with E-state index >= 15 is 0 Å². The largest absolute Gasteiger partial charge is 0.516 e. The number of thiazole rings is 1. The van der Waals surface area contributed by atoms with Crippen LogP contribution in [0.2, 0.25) is 0 Å². The number of imidazole rings is 1. The van der Waals surface area contributed by atoms with Crippen molar-refractivity contribution in [1.29, 1.82) is 0 Å². The van der Waals surface area contributed by atoms with Gasteiger partial charge in [0.25, 0.3) is 0 Å². The molecule has 6 rings (SSSR count). The second-order valence-corrected chi connectivity index (χ2v) is 13.8. The Morgan fingerprint density at radius 2 is 1.90 bits per heavy atom. The molecule has 0 bridgehead atoms. The van der Waals surface area contributed by atoms with Crippen LogP contribution in [0, 0.1) is 11.8 Å². The number of ether oxygens (including phenoxy) is 3. The number of fused-ring (bicyclic) bond motifs is 3. The predicted octanol–water partition coefficient (Wildman–Crippen LogP) is 2.96. The number of amides is 1. The van der Waals surface area contributed by atoms with Gasteiger partial charge < -0.3 is 24.2 Å². The van der Waals surface area contributed by atoms with Gasteiger partial charge in [-0.2, -0.15) is 0 Å². The Hall–Kier alpha value is -3.75. The topological polar surface area (TPSA) is 154 Å². The van der Waals surface area contributed by atoms with Crippen LogP contribution in [0.3, 0.4) is 0 Å². The molecule has 12 nitrogen and oxygen atoms in total. The van der Waals surface area contributed by atoms with Crippen molar-refractivity contribution < 1.29 is 42.1 Å². The van der Waals surface area contributed by atoms with E-state index in [-0.39, 0.29) is 10.7 Å². The predicted molar refractivity (Wildman–Crippen MR) is 149 cm³/mol. The molecule has 2 aliphatic heterocycles. The zero-order valence-corrected chi connectivity index (χ0v) is 24.9. The summed E-state index contributed by atoms with van der Waals surface area (Å²) < 4.78 is 41.9. The van der Waals surface area contributed by atoms with Gasteiger partial charge in [0.05, 0.1) is 22.9 Å². The van der Waals surface area contributed by atoms with Gasteiger partial charge in [-0.05, 0) is 49.4 Å². The average Bonchev–Trinajstić information content (AvgIpc) is 3.64. The first kappa shape index (κ1) is 28.4. The SMILES string of the molecule is CC(OC(=O)Oc1ccc2c(c1)CCC2)OC(=O)C1=C(c2cn3cnc(S(C)(=O)=O)c3s2)[C@H](C)[C@@H]2[C@@H]([C@@H](C)O)C(=O)N12. The Morgan fingerprint density at radius 1 is 1.17 bits per heavy atom. The number of aliphatic hydroxyl groups excluding tert-OH is 1. The molecular formula is C28H29N3O9S2. The molecule has 1 N–H and O–H groups in total. The van der Waals surface area contributed by atoms with Crippen molar-refractivity contribution in [1.82, 2.24) is 14.3 Å². The molecule has 1 saturated heterocycles. The van der Waals surface area contributed by atoms with Gasteiger partial charge in [-0.1, -0.05) is 13.0 Å². The van der Waals surface area contributed by atoms with Crippen molar-refractivity contribution in [3.63, 3.8) is 0 Å². The van der Waals surface area contributed by atoms with Crippen LogP contribution < -0.4 is 4.74 Å². The molecule has 0 spiro atoms. The molecule has 5 atom stereocenters. The van der Waals surface area contributed by atoms with Gasteiger partial charge in [0.1, 0.15) is 22.6 Å². The molecule has 1 amide bonds. The Morgan fingerprint density at radius 3 is 2.62 bits per heavy atom. The van der Waals surface area contributed by atoms with Gasteiger partial charge in [0.15, 0.2) is 14.9 Å². The quantitative estimate of drug-likeness (QED) is 0.182. The maximum atomic E-state index is 13.6. The van der Waals surface area contributed by atoms with Gasteiger partial charge >= 0.3 is 12.1 Å². The zero-order valence-electron chi connectivity index (χ0n) is 23.3. The third kappa shape index (κ3) is 4.67. The summed E-state index contributed by atoms with van der Waals surface area (Å²) in [7, 11) is -3.62. The summed E-state index contributed by atoms with van der Waals surface area (Å²) >= 11 is 1.11. The average molecular weight is 616 g/mol. The second-order valence-electron chi connectivity index (χ2n) is 10.9. The minimum atomic E-state index is -3.62. The lowest BCUT2D eigenvalue weighted by molar-refractivity contribution is -0.172. The molecule has 1 aliphatic carbocycles. The summed E-state index contributed by atoms with van der Waals surface area (Å²) in [4.78, 5) is 45.3. The molecule has 0 saturated carbocycles. The fourth-order valence-corrected chi connectivity index (χ4v) is 8.49. The fraction of sp³-hybridized carbons (Fsp3) is 0.429. The van der Waals surface area contributed by atoms with E-state index in [0.29, 0.717) is 21.0 Å². The molecule has 1 fully saturated rings. The molecule has 42 heavy (non-hydrogen) atoms. The van der Waals surface area contributed by atoms with Crippen LogP contribution in [0.5, 0.6) is 5.75 Å². The third-order valence-electron chi connectivity index (χ3n) is 7.97. The van der Waals surface area contributed by atoms with E-state index in [9.17, 15) is 27.9 Å². The standard InChI is InChI=1S/C28H29N3O9S2/c1-13-20(19-11-30-12-29-24(26(30)41-19)42(4,36)37)23(31-22(13)21(14(2)32)25(31)33)27(34)38-15(3)39-28(35)40-18-9-8-16-6-5-7-17(16)10-18/h8-15,21-22,32H,5-7H2,1-4H3/t13-,14+,15?,21+,22+/m0/s1. The number of β-lactam (4-membered cyclic amide) rings is 1. The van der Waals surface area contributed by atoms with Crippen molar-refractivity contribution >= 4 is 49.6 Å². The van der Waals surface area contributed by atoms with Crippen molar-refractivity contribution in [2.75, 3.05) is 6.26 Å². The van der Waals surface area contributed by atoms with Crippen molar-refractivity contribution in [3.05, 3.63) is 52.4 Å². The number of aromatic nitrogens is 2. The summed E-state index contributed by atoms with van der Waals surface area (Å²) in [5, 5.41) is 10.2. The number of carbonyl (C=O) groups excluding carboxylic acids is 3. The van der Waals surface area contributed by atoms with E-state index in [4.69, 9.17) is 14.2 Å². The van der Waals surface area contributed by atoms with E-state index in [0.717, 1.165) is 42.4 Å². The fourth-order valence-electron chi connectivity index (χ4n) is 6.14. The minimum absolute atomic E-state index is 0.0461. The highest BCUT2D eigenvalue weighted by Gasteiger charge is 2.60. The van der Waals surface area contributed by atoms with Crippen molar-refractivity contribution in [3.8, 4) is 5.75 Å². The van der Waals surface area contributed by atoms with Gasteiger partial charge in [-0.3, -0.25) is 9.20 Å². The third-order valence-corrected chi connectivity index (χ3v) is 10.2. The van der Waals surface area contributed by atoms with E-state index < -0.39 is 58.1 Å². The highest BCUT2D eigenvalue weighted by Crippen LogP contribution is 2.52. The molecule has 222 valence electrons. The maximum absolute atomic E-state index is 13.6. The van der Waals surface area contributed by atoms with Crippen LogP contribution in [0.25, 0.3) is 10.4 Å². The summed E-state index contributed by atoms with van der Waals surface area (Å²) in [6, 6.07) is 4.87. The number of aliphatic hydroxyl groups is 1. The summed E-state index contributed by atoms with van der Waals surface area (Å²) in [5.74, 6) is -2.15. The summed E-state index contributed by atoms with van der Waals surface area (Å²) in [5.41, 5.74) is 2.75. The number of hydrogen-bond donors (Lipinski definition) is 1. The maximum Gasteiger partial charge on any atom is 0.516 e. The molecule has 4 heterocycles. The smallest absolute Gasteiger partial charge is 0.421 e. The molecule has 1 aromatic carbocycles. The highest BCUT2D eigenvalue weighted by atomic mass is 32.2. The minimum Gasteiger partial charge on any atom is -0.421 e. The molecular weight excluding hydrogens is 586 g/mol. The summed E-state index contributed by atoms with van der Waals surface area (Å²) in [6.45, 7) is 4.70. The van der Waals surface area contributed by atoms with Crippen LogP contribution >= 0.6 is 11.3 Å². The van der Waals surface area contributed by atoms with Gasteiger partial charge in [-0.25, -0.2) is 23.0 Å². The second kappa shape index (κ2) is 10.2. The number of esters is 1. The van der Waals surface area contributed by atoms with Crippen LogP contribution in [0.15, 0.2) is 41.4 Å². The molecule has 1 unspecified atom stereocenters. The highest BCUT2D eigenvalue weighted by molar-refractivity contribution is 7.91. The van der Waals surface area contributed by atoms with E-state index in [1.807, 2.05) is 13.0 Å². The van der Waals surface area contributed by atoms with Gasteiger partial charge in [0, 0.05) is 30.9 Å². The number of benzene rings is 1. The molecule has 14 heteroatoms. The normalized spacial score (nSPS) is 22.9. The number of carbonyl (C=O) groups is 3. The van der Waals surface area contributed by atoms with Crippen LogP contribution in [0.4, 0.5) is 4.79 Å². The first-order valence-electron chi connectivity index (χ1n) is 13.5. The monoisotopic (exact) mass is 615 g/mol.